The number of urea groups is 1. The van der Waals surface area contributed by atoms with Crippen molar-refractivity contribution >= 4 is 29.4 Å². The molecule has 7 heteroatoms. The van der Waals surface area contributed by atoms with Crippen molar-refractivity contribution < 1.29 is 14.4 Å². The fourth-order valence-electron chi connectivity index (χ4n) is 3.35. The van der Waals surface area contributed by atoms with Gasteiger partial charge in [-0.2, -0.15) is 0 Å². The average Bonchev–Trinajstić information content (AvgIpc) is 2.96. The molecule has 1 fully saturated rings. The molecular weight excluding hydrogens is 390 g/mol. The molecule has 1 atom stereocenters. The van der Waals surface area contributed by atoms with Crippen LogP contribution in [-0.2, 0) is 16.0 Å². The minimum atomic E-state index is -0.305. The third-order valence-corrected chi connectivity index (χ3v) is 5.16. The summed E-state index contributed by atoms with van der Waals surface area (Å²) in [6.07, 6.45) is 1.31. The molecule has 0 radical (unpaired) electrons. The minimum Gasteiger partial charge on any atom is -0.349 e. The number of rotatable bonds is 8. The first-order valence-electron chi connectivity index (χ1n) is 9.58. The van der Waals surface area contributed by atoms with Gasteiger partial charge in [0.1, 0.15) is 6.54 Å². The van der Waals surface area contributed by atoms with E-state index in [-0.39, 0.29) is 43.4 Å². The van der Waals surface area contributed by atoms with Gasteiger partial charge in [-0.15, -0.1) is 0 Å². The molecule has 0 aromatic heterocycles. The van der Waals surface area contributed by atoms with E-state index >= 15 is 0 Å². The zero-order chi connectivity index (χ0) is 20.8. The van der Waals surface area contributed by atoms with Gasteiger partial charge in [-0.25, -0.2) is 4.79 Å². The lowest BCUT2D eigenvalue weighted by Crippen LogP contribution is -2.34. The Morgan fingerprint density at radius 2 is 1.79 bits per heavy atom. The molecule has 1 unspecified atom stereocenters. The summed E-state index contributed by atoms with van der Waals surface area (Å²) in [5, 5.41) is 3.75. The highest BCUT2D eigenvalue weighted by atomic mass is 35.5. The van der Waals surface area contributed by atoms with Gasteiger partial charge < -0.3 is 10.2 Å². The van der Waals surface area contributed by atoms with E-state index in [1.165, 1.54) is 9.80 Å². The Balaban J connectivity index is 1.58. The van der Waals surface area contributed by atoms with Crippen molar-refractivity contribution in [3.63, 3.8) is 0 Å². The molecule has 1 heterocycles. The van der Waals surface area contributed by atoms with Crippen LogP contribution < -0.4 is 5.32 Å². The van der Waals surface area contributed by atoms with Crippen LogP contribution in [0.3, 0.4) is 0 Å². The molecule has 1 aliphatic heterocycles. The van der Waals surface area contributed by atoms with Gasteiger partial charge >= 0.3 is 6.03 Å². The van der Waals surface area contributed by atoms with Crippen LogP contribution in [0.1, 0.15) is 30.0 Å². The maximum Gasteiger partial charge on any atom is 0.326 e. The maximum absolute atomic E-state index is 12.5. The van der Waals surface area contributed by atoms with E-state index < -0.39 is 0 Å². The molecule has 29 heavy (non-hydrogen) atoms. The van der Waals surface area contributed by atoms with Crippen molar-refractivity contribution in [3.05, 3.63) is 70.7 Å². The normalized spacial score (nSPS) is 15.0. The monoisotopic (exact) mass is 413 g/mol. The standard InChI is InChI=1S/C22H24ClN3O3/c1-25-15-21(28)26(22(25)29)13-5-8-20(27)24-19(17-6-3-2-4-7-17)14-16-9-11-18(23)12-10-16/h2-4,6-7,9-12,19H,5,8,13-15H2,1H3,(H,24,27). The zero-order valence-electron chi connectivity index (χ0n) is 16.3. The van der Waals surface area contributed by atoms with E-state index in [9.17, 15) is 14.4 Å². The number of hydrogen-bond donors (Lipinski definition) is 1. The van der Waals surface area contributed by atoms with Crippen LogP contribution in [0.4, 0.5) is 4.79 Å². The van der Waals surface area contributed by atoms with E-state index in [0.717, 1.165) is 11.1 Å². The quantitative estimate of drug-likeness (QED) is 0.674. The topological polar surface area (TPSA) is 69.7 Å². The summed E-state index contributed by atoms with van der Waals surface area (Å²) in [5.41, 5.74) is 2.09. The van der Waals surface area contributed by atoms with Gasteiger partial charge in [-0.1, -0.05) is 54.1 Å². The fraction of sp³-hybridized carbons (Fsp3) is 0.318. The second kappa shape index (κ2) is 9.56. The number of nitrogens with one attached hydrogen (secondary N) is 1. The van der Waals surface area contributed by atoms with Gasteiger partial charge in [-0.3, -0.25) is 14.5 Å². The Morgan fingerprint density at radius 3 is 2.41 bits per heavy atom. The summed E-state index contributed by atoms with van der Waals surface area (Å²) in [6, 6.07) is 16.9. The fourth-order valence-corrected chi connectivity index (χ4v) is 3.47. The van der Waals surface area contributed by atoms with Crippen molar-refractivity contribution in [1.82, 2.24) is 15.1 Å². The van der Waals surface area contributed by atoms with Crippen LogP contribution >= 0.6 is 11.6 Å². The molecule has 1 N–H and O–H groups in total. The van der Waals surface area contributed by atoms with Crippen molar-refractivity contribution in [2.24, 2.45) is 0 Å². The first-order valence-corrected chi connectivity index (χ1v) is 9.96. The number of likely N-dealkylation sites (N-methyl/N-ethyl adjacent to an activating group) is 1. The molecule has 3 rings (SSSR count). The lowest BCUT2D eigenvalue weighted by Gasteiger charge is -2.20. The number of carbonyl (C=O) groups is 3. The molecule has 0 spiro atoms. The molecule has 0 saturated carbocycles. The molecule has 2 aromatic rings. The second-order valence-corrected chi connectivity index (χ2v) is 7.59. The van der Waals surface area contributed by atoms with Crippen LogP contribution in [0.2, 0.25) is 5.02 Å². The lowest BCUT2D eigenvalue weighted by molar-refractivity contribution is -0.126. The Morgan fingerprint density at radius 1 is 1.10 bits per heavy atom. The van der Waals surface area contributed by atoms with Crippen molar-refractivity contribution in [2.45, 2.75) is 25.3 Å². The third kappa shape index (κ3) is 5.57. The van der Waals surface area contributed by atoms with E-state index in [4.69, 9.17) is 11.6 Å². The van der Waals surface area contributed by atoms with Crippen molar-refractivity contribution in [2.75, 3.05) is 20.1 Å². The minimum absolute atomic E-state index is 0.0994. The van der Waals surface area contributed by atoms with Crippen LogP contribution in [0.25, 0.3) is 0 Å². The summed E-state index contributed by atoms with van der Waals surface area (Å²) in [4.78, 5) is 38.8. The molecular formula is C22H24ClN3O3. The summed E-state index contributed by atoms with van der Waals surface area (Å²) < 4.78 is 0. The average molecular weight is 414 g/mol. The van der Waals surface area contributed by atoms with E-state index in [2.05, 4.69) is 5.32 Å². The molecule has 1 aliphatic rings. The summed E-state index contributed by atoms with van der Waals surface area (Å²) in [5.74, 6) is -0.330. The van der Waals surface area contributed by atoms with Crippen LogP contribution in [0.5, 0.6) is 0 Å². The van der Waals surface area contributed by atoms with E-state index in [0.29, 0.717) is 17.9 Å². The molecule has 2 aromatic carbocycles. The Hall–Kier alpha value is -2.86. The predicted octanol–water partition coefficient (Wildman–Crippen LogP) is 3.41. The Bertz CT molecular complexity index is 871. The number of nitrogens with zero attached hydrogens (tertiary/aromatic N) is 2. The number of carbonyl (C=O) groups excluding carboxylic acids is 3. The van der Waals surface area contributed by atoms with Crippen LogP contribution in [-0.4, -0.2) is 47.8 Å². The Kier molecular flexibility index (Phi) is 6.88. The van der Waals surface area contributed by atoms with Crippen molar-refractivity contribution in [3.8, 4) is 0 Å². The summed E-state index contributed by atoms with van der Waals surface area (Å²) in [6.45, 7) is 0.352. The number of halogens is 1. The maximum atomic E-state index is 12.5. The van der Waals surface area contributed by atoms with Crippen LogP contribution in [0, 0.1) is 0 Å². The molecule has 152 valence electrons. The summed E-state index contributed by atoms with van der Waals surface area (Å²) >= 11 is 5.97. The predicted molar refractivity (Wildman–Crippen MR) is 111 cm³/mol. The number of hydrogen-bond acceptors (Lipinski definition) is 3. The second-order valence-electron chi connectivity index (χ2n) is 7.15. The van der Waals surface area contributed by atoms with Gasteiger partial charge in [0.05, 0.1) is 6.04 Å². The van der Waals surface area contributed by atoms with Gasteiger partial charge in [0, 0.05) is 25.0 Å². The first kappa shape index (κ1) is 20.9. The van der Waals surface area contributed by atoms with Gasteiger partial charge in [0.2, 0.25) is 11.8 Å². The Labute approximate surface area is 175 Å². The van der Waals surface area contributed by atoms with Gasteiger partial charge in [0.25, 0.3) is 0 Å². The lowest BCUT2D eigenvalue weighted by atomic mass is 9.98. The smallest absolute Gasteiger partial charge is 0.326 e. The molecule has 1 saturated heterocycles. The molecule has 0 bridgehead atoms. The first-order chi connectivity index (χ1) is 13.9. The third-order valence-electron chi connectivity index (χ3n) is 4.91. The molecule has 4 amide bonds. The van der Waals surface area contributed by atoms with E-state index in [1.54, 1.807) is 7.05 Å². The highest BCUT2D eigenvalue weighted by molar-refractivity contribution is 6.30. The van der Waals surface area contributed by atoms with E-state index in [1.807, 2.05) is 54.6 Å². The number of amides is 4. The number of imide groups is 1. The highest BCUT2D eigenvalue weighted by Gasteiger charge is 2.32. The molecule has 0 aliphatic carbocycles. The summed E-state index contributed by atoms with van der Waals surface area (Å²) in [7, 11) is 1.59. The zero-order valence-corrected chi connectivity index (χ0v) is 17.1. The number of benzene rings is 2. The van der Waals surface area contributed by atoms with Crippen LogP contribution in [0.15, 0.2) is 54.6 Å². The SMILES string of the molecule is CN1CC(=O)N(CCCC(=O)NC(Cc2ccc(Cl)cc2)c2ccccc2)C1=O. The van der Waals surface area contributed by atoms with Gasteiger partial charge in [-0.05, 0) is 36.1 Å². The van der Waals surface area contributed by atoms with Gasteiger partial charge in [0.15, 0.2) is 0 Å². The highest BCUT2D eigenvalue weighted by Crippen LogP contribution is 2.20. The van der Waals surface area contributed by atoms with Crippen molar-refractivity contribution in [1.29, 1.82) is 0 Å². The largest absolute Gasteiger partial charge is 0.349 e. The molecule has 6 nitrogen and oxygen atoms in total.